The smallest absolute Gasteiger partial charge is 0.0765 e. The van der Waals surface area contributed by atoms with Crippen molar-refractivity contribution in [2.75, 3.05) is 22.6 Å². The van der Waals surface area contributed by atoms with Crippen LogP contribution in [0.4, 0.5) is 11.4 Å². The summed E-state index contributed by atoms with van der Waals surface area (Å²) >= 11 is 8.11. The minimum absolute atomic E-state index is 0.522. The van der Waals surface area contributed by atoms with Crippen LogP contribution >= 0.6 is 23.4 Å². The van der Waals surface area contributed by atoms with E-state index in [9.17, 15) is 0 Å². The number of hydrogen-bond acceptors (Lipinski definition) is 3. The quantitative estimate of drug-likeness (QED) is 0.782. The molecule has 82 valence electrons. The number of nitrogen functional groups attached to an aromatic ring is 1. The molecule has 0 amide bonds. The van der Waals surface area contributed by atoms with E-state index in [-0.39, 0.29) is 0 Å². The topological polar surface area (TPSA) is 38.0 Å². The first-order valence-corrected chi connectivity index (χ1v) is 6.69. The normalized spacial score (nSPS) is 17.7. The number of benzene rings is 1. The largest absolute Gasteiger partial charge is 0.397 e. The lowest BCUT2D eigenvalue weighted by molar-refractivity contribution is 0.667. The third-order valence-electron chi connectivity index (χ3n) is 2.62. The summed E-state index contributed by atoms with van der Waals surface area (Å²) < 4.78 is 0. The van der Waals surface area contributed by atoms with E-state index in [0.717, 1.165) is 11.4 Å². The van der Waals surface area contributed by atoms with Gasteiger partial charge in [0, 0.05) is 6.04 Å². The summed E-state index contributed by atoms with van der Waals surface area (Å²) in [5.41, 5.74) is 7.52. The molecular formula is C11H15ClN2S. The monoisotopic (exact) mass is 242 g/mol. The lowest BCUT2D eigenvalue weighted by Crippen LogP contribution is -2.25. The number of hydrogen-bond donors (Lipinski definition) is 2. The summed E-state index contributed by atoms with van der Waals surface area (Å²) in [6.07, 6.45) is 2.38. The van der Waals surface area contributed by atoms with Gasteiger partial charge in [-0.15, -0.1) is 0 Å². The van der Waals surface area contributed by atoms with Crippen molar-refractivity contribution < 1.29 is 0 Å². The molecular weight excluding hydrogens is 228 g/mol. The van der Waals surface area contributed by atoms with E-state index in [1.807, 2.05) is 30.0 Å². The maximum Gasteiger partial charge on any atom is 0.0765 e. The Balaban J connectivity index is 2.09. The van der Waals surface area contributed by atoms with Crippen LogP contribution in [0.15, 0.2) is 18.2 Å². The van der Waals surface area contributed by atoms with Gasteiger partial charge in [0.05, 0.1) is 16.4 Å². The average Bonchev–Trinajstić information content (AvgIpc) is 2.25. The van der Waals surface area contributed by atoms with Gasteiger partial charge in [-0.1, -0.05) is 17.7 Å². The Morgan fingerprint density at radius 1 is 1.33 bits per heavy atom. The molecule has 0 saturated carbocycles. The molecule has 15 heavy (non-hydrogen) atoms. The highest BCUT2D eigenvalue weighted by molar-refractivity contribution is 7.99. The summed E-state index contributed by atoms with van der Waals surface area (Å²) in [6.45, 7) is 0. The van der Waals surface area contributed by atoms with Crippen molar-refractivity contribution in [3.8, 4) is 0 Å². The van der Waals surface area contributed by atoms with E-state index in [0.29, 0.717) is 11.1 Å². The molecule has 1 fully saturated rings. The Hall–Kier alpha value is -0.540. The Kier molecular flexibility index (Phi) is 3.65. The number of nitrogens with one attached hydrogen (secondary N) is 1. The lowest BCUT2D eigenvalue weighted by Gasteiger charge is -2.24. The van der Waals surface area contributed by atoms with Crippen molar-refractivity contribution in [2.45, 2.75) is 18.9 Å². The van der Waals surface area contributed by atoms with Crippen LogP contribution in [0.3, 0.4) is 0 Å². The molecule has 0 aromatic heterocycles. The van der Waals surface area contributed by atoms with Crippen LogP contribution in [0.2, 0.25) is 5.02 Å². The van der Waals surface area contributed by atoms with Crippen LogP contribution in [-0.2, 0) is 0 Å². The predicted octanol–water partition coefficient (Wildman–Crippen LogP) is 3.23. The van der Waals surface area contributed by atoms with Crippen molar-refractivity contribution >= 4 is 34.7 Å². The van der Waals surface area contributed by atoms with E-state index in [4.69, 9.17) is 17.3 Å². The molecule has 0 aliphatic carbocycles. The second-order valence-electron chi connectivity index (χ2n) is 3.74. The van der Waals surface area contributed by atoms with Gasteiger partial charge in [-0.2, -0.15) is 11.8 Å². The van der Waals surface area contributed by atoms with Crippen LogP contribution in [0.1, 0.15) is 12.8 Å². The first-order chi connectivity index (χ1) is 7.27. The minimum atomic E-state index is 0.522. The minimum Gasteiger partial charge on any atom is -0.397 e. The van der Waals surface area contributed by atoms with Gasteiger partial charge >= 0.3 is 0 Å². The van der Waals surface area contributed by atoms with Gasteiger partial charge in [-0.05, 0) is 36.5 Å². The van der Waals surface area contributed by atoms with Crippen molar-refractivity contribution in [1.82, 2.24) is 0 Å². The lowest BCUT2D eigenvalue weighted by atomic mass is 10.1. The van der Waals surface area contributed by atoms with E-state index >= 15 is 0 Å². The van der Waals surface area contributed by atoms with E-state index in [2.05, 4.69) is 5.32 Å². The van der Waals surface area contributed by atoms with E-state index < -0.39 is 0 Å². The third kappa shape index (κ3) is 2.73. The molecule has 4 heteroatoms. The number of para-hydroxylation sites is 1. The Bertz CT molecular complexity index is 317. The second-order valence-corrected chi connectivity index (χ2v) is 5.37. The van der Waals surface area contributed by atoms with Crippen LogP contribution in [0, 0.1) is 0 Å². The summed E-state index contributed by atoms with van der Waals surface area (Å²) in [5, 5.41) is 4.16. The third-order valence-corrected chi connectivity index (χ3v) is 3.98. The second kappa shape index (κ2) is 4.99. The van der Waals surface area contributed by atoms with Gasteiger partial charge in [-0.3, -0.25) is 0 Å². The molecule has 1 aliphatic heterocycles. The van der Waals surface area contributed by atoms with Crippen molar-refractivity contribution in [2.24, 2.45) is 0 Å². The zero-order chi connectivity index (χ0) is 10.7. The Morgan fingerprint density at radius 3 is 2.73 bits per heavy atom. The number of rotatable bonds is 2. The Morgan fingerprint density at radius 2 is 2.07 bits per heavy atom. The molecule has 0 atom stereocenters. The van der Waals surface area contributed by atoms with Gasteiger partial charge < -0.3 is 11.1 Å². The van der Waals surface area contributed by atoms with Gasteiger partial charge in [0.25, 0.3) is 0 Å². The molecule has 1 saturated heterocycles. The van der Waals surface area contributed by atoms with Crippen molar-refractivity contribution in [3.05, 3.63) is 23.2 Å². The van der Waals surface area contributed by atoms with Gasteiger partial charge in [0.1, 0.15) is 0 Å². The highest BCUT2D eigenvalue weighted by Crippen LogP contribution is 2.30. The van der Waals surface area contributed by atoms with Crippen LogP contribution < -0.4 is 11.1 Å². The summed E-state index contributed by atoms with van der Waals surface area (Å²) in [6, 6.07) is 6.15. The predicted molar refractivity (Wildman–Crippen MR) is 69.8 cm³/mol. The van der Waals surface area contributed by atoms with E-state index in [1.54, 1.807) is 0 Å². The highest BCUT2D eigenvalue weighted by atomic mass is 35.5. The molecule has 2 nitrogen and oxygen atoms in total. The standard InChI is InChI=1S/C11H15ClN2S/c12-9-2-1-3-10(13)11(9)14-8-4-6-15-7-5-8/h1-3,8,14H,4-7,13H2. The van der Waals surface area contributed by atoms with Crippen molar-refractivity contribution in [1.29, 1.82) is 0 Å². The van der Waals surface area contributed by atoms with Crippen molar-refractivity contribution in [3.63, 3.8) is 0 Å². The first kappa shape index (κ1) is 11.0. The summed E-state index contributed by atoms with van der Waals surface area (Å²) in [7, 11) is 0. The maximum absolute atomic E-state index is 6.10. The van der Waals surface area contributed by atoms with Gasteiger partial charge in [0.15, 0.2) is 0 Å². The number of halogens is 1. The Labute approximate surface area is 99.6 Å². The fourth-order valence-electron chi connectivity index (χ4n) is 1.74. The maximum atomic E-state index is 6.10. The van der Waals surface area contributed by atoms with Crippen LogP contribution in [0.5, 0.6) is 0 Å². The van der Waals surface area contributed by atoms with Crippen LogP contribution in [0.25, 0.3) is 0 Å². The fourth-order valence-corrected chi connectivity index (χ4v) is 3.08. The zero-order valence-electron chi connectivity index (χ0n) is 8.50. The number of anilines is 2. The molecule has 1 heterocycles. The van der Waals surface area contributed by atoms with Gasteiger partial charge in [0.2, 0.25) is 0 Å². The van der Waals surface area contributed by atoms with E-state index in [1.165, 1.54) is 24.3 Å². The molecule has 1 aromatic rings. The van der Waals surface area contributed by atoms with Crippen LogP contribution in [-0.4, -0.2) is 17.5 Å². The number of thioether (sulfide) groups is 1. The first-order valence-electron chi connectivity index (χ1n) is 5.15. The summed E-state index contributed by atoms with van der Waals surface area (Å²) in [4.78, 5) is 0. The SMILES string of the molecule is Nc1cccc(Cl)c1NC1CCSCC1. The molecule has 0 unspecified atom stereocenters. The fraction of sp³-hybridized carbons (Fsp3) is 0.455. The average molecular weight is 243 g/mol. The van der Waals surface area contributed by atoms with Gasteiger partial charge in [-0.25, -0.2) is 0 Å². The highest BCUT2D eigenvalue weighted by Gasteiger charge is 2.15. The summed E-state index contributed by atoms with van der Waals surface area (Å²) in [5.74, 6) is 2.45. The molecule has 1 aromatic carbocycles. The molecule has 2 rings (SSSR count). The molecule has 0 spiro atoms. The zero-order valence-corrected chi connectivity index (χ0v) is 10.1. The molecule has 3 N–H and O–H groups in total. The number of nitrogens with two attached hydrogens (primary N) is 1. The molecule has 0 bridgehead atoms. The molecule has 0 radical (unpaired) electrons. The molecule has 1 aliphatic rings.